The maximum absolute atomic E-state index is 13.1. The van der Waals surface area contributed by atoms with E-state index in [0.29, 0.717) is 17.1 Å². The van der Waals surface area contributed by atoms with Gasteiger partial charge in [0.2, 0.25) is 5.91 Å². The molecule has 1 saturated heterocycles. The molecule has 1 atom stereocenters. The zero-order chi connectivity index (χ0) is 20.6. The van der Waals surface area contributed by atoms with E-state index < -0.39 is 6.04 Å². The van der Waals surface area contributed by atoms with Crippen LogP contribution in [0.2, 0.25) is 0 Å². The number of amides is 2. The summed E-state index contributed by atoms with van der Waals surface area (Å²) in [6.07, 6.45) is 3.15. The van der Waals surface area contributed by atoms with E-state index in [4.69, 9.17) is 9.47 Å². The van der Waals surface area contributed by atoms with Crippen molar-refractivity contribution < 1.29 is 19.1 Å². The Kier molecular flexibility index (Phi) is 7.08. The van der Waals surface area contributed by atoms with Gasteiger partial charge in [0.1, 0.15) is 6.04 Å². The van der Waals surface area contributed by atoms with E-state index in [1.165, 1.54) is 14.2 Å². The summed E-state index contributed by atoms with van der Waals surface area (Å²) in [6, 6.07) is 13.7. The molecule has 0 saturated carbocycles. The molecule has 29 heavy (non-hydrogen) atoms. The van der Waals surface area contributed by atoms with Crippen molar-refractivity contribution >= 4 is 11.8 Å². The van der Waals surface area contributed by atoms with E-state index in [-0.39, 0.29) is 11.8 Å². The van der Waals surface area contributed by atoms with Gasteiger partial charge < -0.3 is 14.4 Å². The number of nitrogens with one attached hydrogen (secondary N) is 2. The number of piperidine rings is 1. The van der Waals surface area contributed by atoms with Crippen LogP contribution in [0.3, 0.4) is 0 Å². The van der Waals surface area contributed by atoms with E-state index in [1.54, 1.807) is 18.2 Å². The number of ether oxygens (including phenoxy) is 2. The SMILES string of the molecule is COc1ccc(C(=O)NNC(C(=O)N2CCCCC2)c2ccccc2)cc1OC. The van der Waals surface area contributed by atoms with Crippen molar-refractivity contribution in [3.8, 4) is 11.5 Å². The highest BCUT2D eigenvalue weighted by molar-refractivity contribution is 5.95. The molecule has 1 heterocycles. The van der Waals surface area contributed by atoms with Gasteiger partial charge in [-0.15, -0.1) is 0 Å². The molecule has 0 aromatic heterocycles. The van der Waals surface area contributed by atoms with E-state index in [1.807, 2.05) is 35.2 Å². The van der Waals surface area contributed by atoms with Crippen LogP contribution in [0.5, 0.6) is 11.5 Å². The summed E-state index contributed by atoms with van der Waals surface area (Å²) in [5.41, 5.74) is 6.81. The maximum atomic E-state index is 13.1. The highest BCUT2D eigenvalue weighted by Gasteiger charge is 2.27. The number of likely N-dealkylation sites (tertiary alicyclic amines) is 1. The third-order valence-corrected chi connectivity index (χ3v) is 5.02. The number of carbonyl (C=O) groups excluding carboxylic acids is 2. The first-order valence-electron chi connectivity index (χ1n) is 9.75. The van der Waals surface area contributed by atoms with E-state index >= 15 is 0 Å². The minimum Gasteiger partial charge on any atom is -0.493 e. The summed E-state index contributed by atoms with van der Waals surface area (Å²) in [7, 11) is 3.05. The van der Waals surface area contributed by atoms with Gasteiger partial charge in [0.25, 0.3) is 5.91 Å². The molecule has 3 rings (SSSR count). The van der Waals surface area contributed by atoms with Crippen molar-refractivity contribution in [2.75, 3.05) is 27.3 Å². The van der Waals surface area contributed by atoms with Crippen LogP contribution in [-0.4, -0.2) is 44.0 Å². The zero-order valence-electron chi connectivity index (χ0n) is 16.8. The van der Waals surface area contributed by atoms with Crippen LogP contribution >= 0.6 is 0 Å². The molecular weight excluding hydrogens is 370 g/mol. The lowest BCUT2D eigenvalue weighted by atomic mass is 10.0. The zero-order valence-corrected chi connectivity index (χ0v) is 16.8. The summed E-state index contributed by atoms with van der Waals surface area (Å²) in [5, 5.41) is 0. The largest absolute Gasteiger partial charge is 0.493 e. The van der Waals surface area contributed by atoms with Crippen molar-refractivity contribution in [3.63, 3.8) is 0 Å². The minimum absolute atomic E-state index is 0.0384. The van der Waals surface area contributed by atoms with Crippen LogP contribution in [0, 0.1) is 0 Å². The fourth-order valence-electron chi connectivity index (χ4n) is 3.42. The fourth-order valence-corrected chi connectivity index (χ4v) is 3.42. The van der Waals surface area contributed by atoms with Gasteiger partial charge >= 0.3 is 0 Å². The predicted molar refractivity (Wildman–Crippen MR) is 110 cm³/mol. The normalized spacial score (nSPS) is 14.8. The number of rotatable bonds is 7. The number of hydrogen-bond donors (Lipinski definition) is 2. The van der Waals surface area contributed by atoms with Crippen molar-refractivity contribution in [3.05, 3.63) is 59.7 Å². The van der Waals surface area contributed by atoms with Gasteiger partial charge in [-0.2, -0.15) is 0 Å². The molecule has 1 aliphatic rings. The van der Waals surface area contributed by atoms with Crippen molar-refractivity contribution in [2.24, 2.45) is 0 Å². The van der Waals surface area contributed by atoms with Crippen LogP contribution in [-0.2, 0) is 4.79 Å². The Morgan fingerprint density at radius 2 is 1.62 bits per heavy atom. The fraction of sp³-hybridized carbons (Fsp3) is 0.364. The van der Waals surface area contributed by atoms with E-state index in [9.17, 15) is 9.59 Å². The third kappa shape index (κ3) is 5.06. The van der Waals surface area contributed by atoms with E-state index in [2.05, 4.69) is 10.9 Å². The van der Waals surface area contributed by atoms with Gasteiger partial charge in [-0.05, 0) is 43.0 Å². The average molecular weight is 397 g/mol. The summed E-state index contributed by atoms with van der Waals surface area (Å²) >= 11 is 0. The highest BCUT2D eigenvalue weighted by Crippen LogP contribution is 2.27. The van der Waals surface area contributed by atoms with Gasteiger partial charge in [0.15, 0.2) is 11.5 Å². The van der Waals surface area contributed by atoms with Crippen LogP contribution in [0.25, 0.3) is 0 Å². The Bertz CT molecular complexity index is 835. The second-order valence-corrected chi connectivity index (χ2v) is 6.90. The van der Waals surface area contributed by atoms with Gasteiger partial charge in [-0.3, -0.25) is 15.0 Å². The smallest absolute Gasteiger partial charge is 0.265 e. The first-order valence-corrected chi connectivity index (χ1v) is 9.75. The van der Waals surface area contributed by atoms with Gasteiger partial charge in [-0.25, -0.2) is 5.43 Å². The molecule has 2 N–H and O–H groups in total. The van der Waals surface area contributed by atoms with Gasteiger partial charge in [0, 0.05) is 18.7 Å². The van der Waals surface area contributed by atoms with Crippen LogP contribution in [0.4, 0.5) is 0 Å². The summed E-state index contributed by atoms with van der Waals surface area (Å²) in [5.74, 6) is 0.602. The number of methoxy groups -OCH3 is 2. The summed E-state index contributed by atoms with van der Waals surface area (Å²) in [6.45, 7) is 1.49. The van der Waals surface area contributed by atoms with Crippen molar-refractivity contribution in [2.45, 2.75) is 25.3 Å². The number of hydrogen-bond acceptors (Lipinski definition) is 5. The molecule has 2 aromatic carbocycles. The third-order valence-electron chi connectivity index (χ3n) is 5.02. The molecule has 2 aromatic rings. The summed E-state index contributed by atoms with van der Waals surface area (Å²) in [4.78, 5) is 27.6. The molecule has 0 aliphatic carbocycles. The molecule has 1 fully saturated rings. The molecule has 2 amide bonds. The Morgan fingerprint density at radius 1 is 0.931 bits per heavy atom. The Balaban J connectivity index is 1.74. The molecule has 154 valence electrons. The molecular formula is C22H27N3O4. The minimum atomic E-state index is -0.654. The summed E-state index contributed by atoms with van der Waals surface area (Å²) < 4.78 is 10.5. The van der Waals surface area contributed by atoms with E-state index in [0.717, 1.165) is 37.9 Å². The number of hydrazine groups is 1. The predicted octanol–water partition coefficient (Wildman–Crippen LogP) is 2.69. The van der Waals surface area contributed by atoms with Crippen molar-refractivity contribution in [1.29, 1.82) is 0 Å². The topological polar surface area (TPSA) is 79.9 Å². The average Bonchev–Trinajstić information content (AvgIpc) is 2.79. The monoisotopic (exact) mass is 397 g/mol. The standard InChI is InChI=1S/C22H27N3O4/c1-28-18-12-11-17(15-19(18)29-2)21(26)24-23-20(16-9-5-3-6-10-16)22(27)25-13-7-4-8-14-25/h3,5-6,9-12,15,20,23H,4,7-8,13-14H2,1-2H3,(H,24,26). The quantitative estimate of drug-likeness (QED) is 0.703. The number of nitrogens with zero attached hydrogens (tertiary/aromatic N) is 1. The maximum Gasteiger partial charge on any atom is 0.265 e. The molecule has 7 nitrogen and oxygen atoms in total. The number of carbonyl (C=O) groups is 2. The molecule has 0 radical (unpaired) electrons. The Hall–Kier alpha value is -3.06. The number of benzene rings is 2. The molecule has 1 aliphatic heterocycles. The molecule has 0 bridgehead atoms. The Labute approximate surface area is 171 Å². The molecule has 1 unspecified atom stereocenters. The first kappa shape index (κ1) is 20.7. The van der Waals surface area contributed by atoms with Crippen molar-refractivity contribution in [1.82, 2.24) is 15.8 Å². The Morgan fingerprint density at radius 3 is 2.28 bits per heavy atom. The second kappa shape index (κ2) is 9.93. The first-order chi connectivity index (χ1) is 14.1. The second-order valence-electron chi connectivity index (χ2n) is 6.90. The van der Waals surface area contributed by atoms with Crippen LogP contribution in [0.15, 0.2) is 48.5 Å². The van der Waals surface area contributed by atoms with Crippen LogP contribution in [0.1, 0.15) is 41.2 Å². The lowest BCUT2D eigenvalue weighted by Crippen LogP contribution is -2.48. The lowest BCUT2D eigenvalue weighted by Gasteiger charge is -2.31. The highest BCUT2D eigenvalue weighted by atomic mass is 16.5. The lowest BCUT2D eigenvalue weighted by molar-refractivity contribution is -0.134. The van der Waals surface area contributed by atoms with Gasteiger partial charge in [0.05, 0.1) is 14.2 Å². The molecule has 7 heteroatoms. The van der Waals surface area contributed by atoms with Crippen LogP contribution < -0.4 is 20.3 Å². The molecule has 0 spiro atoms. The van der Waals surface area contributed by atoms with Gasteiger partial charge in [-0.1, -0.05) is 30.3 Å².